The van der Waals surface area contributed by atoms with Crippen molar-refractivity contribution in [2.45, 2.75) is 10.9 Å². The Morgan fingerprint density at radius 2 is 2.12 bits per heavy atom. The molecule has 7 nitrogen and oxygen atoms in total. The molecule has 128 valence electrons. The molecule has 0 bridgehead atoms. The number of aryl methyl sites for hydroxylation is 1. The van der Waals surface area contributed by atoms with Crippen LogP contribution in [0.3, 0.4) is 0 Å². The number of halogens is 1. The van der Waals surface area contributed by atoms with E-state index in [0.717, 1.165) is 11.0 Å². The van der Waals surface area contributed by atoms with E-state index in [1.54, 1.807) is 18.2 Å². The molecular formula is C16H13ClN4O3S. The molecule has 3 rings (SSSR count). The molecule has 0 unspecified atom stereocenters. The van der Waals surface area contributed by atoms with Crippen LogP contribution >= 0.6 is 23.4 Å². The maximum atomic E-state index is 11.3. The molecular weight excluding hydrogens is 364 g/mol. The molecule has 0 saturated heterocycles. The van der Waals surface area contributed by atoms with Crippen molar-refractivity contribution in [2.75, 3.05) is 0 Å². The fourth-order valence-corrected chi connectivity index (χ4v) is 3.58. The molecule has 1 aromatic heterocycles. The number of nitrogens with zero attached hydrogens (tertiary/aromatic N) is 3. The number of hydrogen-bond donors (Lipinski definition) is 1. The van der Waals surface area contributed by atoms with Crippen molar-refractivity contribution in [1.82, 2.24) is 9.55 Å². The second-order valence-electron chi connectivity index (χ2n) is 5.34. The lowest BCUT2D eigenvalue weighted by Gasteiger charge is -2.05. The minimum atomic E-state index is -0.700. The van der Waals surface area contributed by atoms with Gasteiger partial charge in [0.25, 0.3) is 5.69 Å². The zero-order valence-corrected chi connectivity index (χ0v) is 14.7. The molecule has 0 radical (unpaired) electrons. The van der Waals surface area contributed by atoms with E-state index in [2.05, 4.69) is 4.98 Å². The highest BCUT2D eigenvalue weighted by atomic mass is 35.5. The van der Waals surface area contributed by atoms with E-state index in [1.165, 1.54) is 23.9 Å². The van der Waals surface area contributed by atoms with Gasteiger partial charge in [0.05, 0.1) is 16.0 Å². The predicted octanol–water partition coefficient (Wildman–Crippen LogP) is 3.53. The number of hydrogen-bond acceptors (Lipinski definition) is 5. The van der Waals surface area contributed by atoms with Crippen LogP contribution in [-0.2, 0) is 12.8 Å². The highest BCUT2D eigenvalue weighted by Gasteiger charge is 2.18. The van der Waals surface area contributed by atoms with Gasteiger partial charge in [-0.3, -0.25) is 14.9 Å². The normalized spacial score (nSPS) is 11.0. The van der Waals surface area contributed by atoms with E-state index in [-0.39, 0.29) is 11.3 Å². The maximum absolute atomic E-state index is 11.3. The van der Waals surface area contributed by atoms with Crippen LogP contribution in [0.15, 0.2) is 41.6 Å². The summed E-state index contributed by atoms with van der Waals surface area (Å²) in [6, 6.07) is 9.66. The zero-order chi connectivity index (χ0) is 18.1. The summed E-state index contributed by atoms with van der Waals surface area (Å²) >= 11 is 7.35. The van der Waals surface area contributed by atoms with Crippen molar-refractivity contribution < 1.29 is 9.72 Å². The van der Waals surface area contributed by atoms with Gasteiger partial charge in [0.15, 0.2) is 5.16 Å². The molecule has 1 amide bonds. The number of amides is 1. The third kappa shape index (κ3) is 3.45. The van der Waals surface area contributed by atoms with Crippen LogP contribution in [0.25, 0.3) is 11.0 Å². The summed E-state index contributed by atoms with van der Waals surface area (Å²) in [7, 11) is 1.87. The number of nitro benzene ring substituents is 1. The highest BCUT2D eigenvalue weighted by molar-refractivity contribution is 7.98. The van der Waals surface area contributed by atoms with Gasteiger partial charge >= 0.3 is 0 Å². The lowest BCUT2D eigenvalue weighted by Crippen LogP contribution is -2.11. The van der Waals surface area contributed by atoms with Crippen LogP contribution in [0.1, 0.15) is 15.9 Å². The van der Waals surface area contributed by atoms with Crippen molar-refractivity contribution in [3.05, 3.63) is 62.7 Å². The van der Waals surface area contributed by atoms with Crippen molar-refractivity contribution in [2.24, 2.45) is 12.8 Å². The number of rotatable bonds is 5. The molecule has 0 spiro atoms. The average Bonchev–Trinajstić information content (AvgIpc) is 2.87. The highest BCUT2D eigenvalue weighted by Crippen LogP contribution is 2.30. The van der Waals surface area contributed by atoms with Crippen molar-refractivity contribution >= 4 is 46.0 Å². The molecule has 9 heteroatoms. The number of imidazole rings is 1. The Morgan fingerprint density at radius 1 is 1.36 bits per heavy atom. The largest absolute Gasteiger partial charge is 0.366 e. The number of carbonyl (C=O) groups excluding carboxylic acids is 1. The van der Waals surface area contributed by atoms with Gasteiger partial charge in [-0.1, -0.05) is 29.4 Å². The minimum absolute atomic E-state index is 0.109. The Labute approximate surface area is 151 Å². The number of thioether (sulfide) groups is 1. The Balaban J connectivity index is 1.90. The molecule has 0 fully saturated rings. The SMILES string of the molecule is Cn1c(SCc2ccc(C(N)=O)cc2[N+](=O)[O-])nc2cc(Cl)ccc21. The van der Waals surface area contributed by atoms with Crippen LogP contribution < -0.4 is 5.73 Å². The number of fused-ring (bicyclic) bond motifs is 1. The van der Waals surface area contributed by atoms with Crippen LogP contribution in [0.5, 0.6) is 0 Å². The summed E-state index contributed by atoms with van der Waals surface area (Å²) in [6.07, 6.45) is 0. The Morgan fingerprint density at radius 3 is 2.80 bits per heavy atom. The van der Waals surface area contributed by atoms with Crippen molar-refractivity contribution in [1.29, 1.82) is 0 Å². The molecule has 0 aliphatic rings. The maximum Gasteiger partial charge on any atom is 0.274 e. The average molecular weight is 377 g/mol. The summed E-state index contributed by atoms with van der Waals surface area (Å²) in [6.45, 7) is 0. The summed E-state index contributed by atoms with van der Waals surface area (Å²) < 4.78 is 1.90. The third-order valence-corrected chi connectivity index (χ3v) is 5.04. The number of primary amides is 1. The summed E-state index contributed by atoms with van der Waals surface area (Å²) in [5.41, 5.74) is 7.33. The monoisotopic (exact) mass is 376 g/mol. The Kier molecular flexibility index (Phi) is 4.65. The van der Waals surface area contributed by atoms with E-state index in [1.807, 2.05) is 17.7 Å². The van der Waals surface area contributed by atoms with E-state index >= 15 is 0 Å². The second-order valence-corrected chi connectivity index (χ2v) is 6.72. The van der Waals surface area contributed by atoms with Gasteiger partial charge in [-0.15, -0.1) is 0 Å². The molecule has 0 aliphatic heterocycles. The number of aromatic nitrogens is 2. The summed E-state index contributed by atoms with van der Waals surface area (Å²) in [5, 5.41) is 12.6. The van der Waals surface area contributed by atoms with Gasteiger partial charge in [0, 0.05) is 35.0 Å². The first-order chi connectivity index (χ1) is 11.9. The zero-order valence-electron chi connectivity index (χ0n) is 13.1. The lowest BCUT2D eigenvalue weighted by atomic mass is 10.1. The van der Waals surface area contributed by atoms with Crippen LogP contribution in [0.4, 0.5) is 5.69 Å². The van der Waals surface area contributed by atoms with E-state index in [9.17, 15) is 14.9 Å². The lowest BCUT2D eigenvalue weighted by molar-refractivity contribution is -0.385. The number of carbonyl (C=O) groups is 1. The molecule has 2 N–H and O–H groups in total. The van der Waals surface area contributed by atoms with Gasteiger partial charge in [-0.25, -0.2) is 4.98 Å². The molecule has 1 heterocycles. The van der Waals surface area contributed by atoms with Gasteiger partial charge in [-0.05, 0) is 24.3 Å². The van der Waals surface area contributed by atoms with Crippen molar-refractivity contribution in [3.63, 3.8) is 0 Å². The fraction of sp³-hybridized carbons (Fsp3) is 0.125. The third-order valence-electron chi connectivity index (χ3n) is 3.73. The number of benzene rings is 2. The van der Waals surface area contributed by atoms with Gasteiger partial charge in [0.1, 0.15) is 0 Å². The van der Waals surface area contributed by atoms with E-state index in [0.29, 0.717) is 21.5 Å². The minimum Gasteiger partial charge on any atom is -0.366 e. The fourth-order valence-electron chi connectivity index (χ4n) is 2.43. The summed E-state index contributed by atoms with van der Waals surface area (Å²) in [5.74, 6) is -0.366. The Hall–Kier alpha value is -2.58. The molecule has 0 saturated carbocycles. The van der Waals surface area contributed by atoms with Gasteiger partial charge in [-0.2, -0.15) is 0 Å². The number of nitro groups is 1. The molecule has 0 atom stereocenters. The molecule has 0 aliphatic carbocycles. The van der Waals surface area contributed by atoms with Crippen molar-refractivity contribution in [3.8, 4) is 0 Å². The van der Waals surface area contributed by atoms with Gasteiger partial charge < -0.3 is 10.3 Å². The molecule has 3 aromatic rings. The molecule has 25 heavy (non-hydrogen) atoms. The smallest absolute Gasteiger partial charge is 0.274 e. The standard InChI is InChI=1S/C16H13ClN4O3S/c1-20-13-5-4-11(17)7-12(13)19-16(20)25-8-10-3-2-9(15(18)22)6-14(10)21(23)24/h2-7H,8H2,1H3,(H2,18,22). The topological polar surface area (TPSA) is 104 Å². The van der Waals surface area contributed by atoms with E-state index < -0.39 is 10.8 Å². The van der Waals surface area contributed by atoms with Gasteiger partial charge in [0.2, 0.25) is 5.91 Å². The van der Waals surface area contributed by atoms with Crippen LogP contribution in [0, 0.1) is 10.1 Å². The summed E-state index contributed by atoms with van der Waals surface area (Å²) in [4.78, 5) is 26.5. The molecule has 2 aromatic carbocycles. The number of nitrogens with two attached hydrogens (primary N) is 1. The first kappa shape index (κ1) is 17.2. The Bertz CT molecular complexity index is 1000. The van der Waals surface area contributed by atoms with Crippen LogP contribution in [-0.4, -0.2) is 20.4 Å². The first-order valence-electron chi connectivity index (χ1n) is 7.18. The quantitative estimate of drug-likeness (QED) is 0.416. The first-order valence-corrected chi connectivity index (χ1v) is 8.55. The predicted molar refractivity (Wildman–Crippen MR) is 96.9 cm³/mol. The second kappa shape index (κ2) is 6.73. The van der Waals surface area contributed by atoms with E-state index in [4.69, 9.17) is 17.3 Å². The van der Waals surface area contributed by atoms with Crippen LogP contribution in [0.2, 0.25) is 5.02 Å².